The predicted molar refractivity (Wildman–Crippen MR) is 132 cm³/mol. The number of aromatic amines is 1. The van der Waals surface area contributed by atoms with Gasteiger partial charge in [0.05, 0.1) is 30.6 Å². The van der Waals surface area contributed by atoms with Crippen molar-refractivity contribution in [1.29, 1.82) is 0 Å². The topological polar surface area (TPSA) is 133 Å². The zero-order valence-electron chi connectivity index (χ0n) is 19.4. The van der Waals surface area contributed by atoms with Crippen LogP contribution in [0.1, 0.15) is 0 Å². The van der Waals surface area contributed by atoms with Crippen LogP contribution in [0, 0.1) is 5.82 Å². The van der Waals surface area contributed by atoms with Gasteiger partial charge < -0.3 is 34.0 Å². The molecule has 4 rings (SSSR count). The van der Waals surface area contributed by atoms with Crippen LogP contribution in [0.2, 0.25) is 5.02 Å². The molecule has 13 heteroatoms. The van der Waals surface area contributed by atoms with Crippen LogP contribution in [0.15, 0.2) is 45.7 Å². The molecule has 0 aliphatic carbocycles. The Kier molecular flexibility index (Phi) is 8.21. The van der Waals surface area contributed by atoms with Crippen molar-refractivity contribution in [3.63, 3.8) is 0 Å². The van der Waals surface area contributed by atoms with Gasteiger partial charge in [-0.2, -0.15) is 4.98 Å². The minimum Gasteiger partial charge on any atom is -0.487 e. The average Bonchev–Trinajstić information content (AvgIpc) is 3.24. The summed E-state index contributed by atoms with van der Waals surface area (Å²) >= 11 is 6.26. The monoisotopic (exact) mass is 519 g/mol. The van der Waals surface area contributed by atoms with E-state index in [0.29, 0.717) is 23.4 Å². The molecule has 0 aliphatic heterocycles. The summed E-state index contributed by atoms with van der Waals surface area (Å²) in [6.45, 7) is 0.937. The number of anilines is 4. The molecular weight excluding hydrogens is 497 g/mol. The van der Waals surface area contributed by atoms with Gasteiger partial charge in [-0.3, -0.25) is 4.98 Å². The molecule has 0 saturated carbocycles. The molecule has 4 aromatic rings. The summed E-state index contributed by atoms with van der Waals surface area (Å²) in [7, 11) is 3.06. The Morgan fingerprint density at radius 2 is 1.83 bits per heavy atom. The number of benzene rings is 2. The summed E-state index contributed by atoms with van der Waals surface area (Å²) in [5, 5.41) is 6.11. The van der Waals surface area contributed by atoms with Gasteiger partial charge in [-0.05, 0) is 30.3 Å². The lowest BCUT2D eigenvalue weighted by Crippen LogP contribution is -2.11. The molecule has 2 aromatic carbocycles. The Labute approximate surface area is 209 Å². The van der Waals surface area contributed by atoms with Crippen LogP contribution >= 0.6 is 11.6 Å². The van der Waals surface area contributed by atoms with E-state index in [9.17, 15) is 4.79 Å². The average molecular weight is 520 g/mol. The fraction of sp³-hybridized carbons (Fsp3) is 0.261. The van der Waals surface area contributed by atoms with Crippen molar-refractivity contribution in [2.45, 2.75) is 0 Å². The highest BCUT2D eigenvalue weighted by molar-refractivity contribution is 6.32. The van der Waals surface area contributed by atoms with Crippen molar-refractivity contribution >= 4 is 45.8 Å². The maximum absolute atomic E-state index is 15.4. The molecule has 36 heavy (non-hydrogen) atoms. The maximum atomic E-state index is 15.4. The number of oxazole rings is 1. The maximum Gasteiger partial charge on any atom is 0.417 e. The second-order valence-corrected chi connectivity index (χ2v) is 7.71. The van der Waals surface area contributed by atoms with Crippen molar-refractivity contribution in [2.75, 3.05) is 51.3 Å². The number of aromatic nitrogens is 3. The van der Waals surface area contributed by atoms with Crippen molar-refractivity contribution < 1.29 is 27.8 Å². The van der Waals surface area contributed by atoms with Gasteiger partial charge in [0, 0.05) is 19.9 Å². The fourth-order valence-corrected chi connectivity index (χ4v) is 3.29. The van der Waals surface area contributed by atoms with Crippen LogP contribution in [0.5, 0.6) is 11.5 Å². The second-order valence-electron chi connectivity index (χ2n) is 7.30. The molecule has 0 bridgehead atoms. The Hall–Kier alpha value is -3.87. The third kappa shape index (κ3) is 6.03. The Morgan fingerprint density at radius 3 is 2.61 bits per heavy atom. The van der Waals surface area contributed by atoms with Gasteiger partial charge in [-0.15, -0.1) is 0 Å². The van der Waals surface area contributed by atoms with E-state index in [4.69, 9.17) is 35.0 Å². The number of ether oxygens (including phenoxy) is 4. The SMILES string of the molecule is COCCOc1ccc(Nc2ncc(Cl)c(Nc3ccc4oc(=O)[nH]c4c3)n2)c(F)c1OCCOC. The van der Waals surface area contributed by atoms with E-state index in [1.807, 2.05) is 0 Å². The first-order valence-corrected chi connectivity index (χ1v) is 11.1. The van der Waals surface area contributed by atoms with Gasteiger partial charge in [0.25, 0.3) is 0 Å². The smallest absolute Gasteiger partial charge is 0.417 e. The molecule has 0 unspecified atom stereocenters. The summed E-state index contributed by atoms with van der Waals surface area (Å²) < 4.78 is 41.5. The van der Waals surface area contributed by atoms with E-state index in [-0.39, 0.29) is 53.8 Å². The number of nitrogens with one attached hydrogen (secondary N) is 3. The van der Waals surface area contributed by atoms with Gasteiger partial charge in [0.15, 0.2) is 28.7 Å². The van der Waals surface area contributed by atoms with E-state index < -0.39 is 11.6 Å². The van der Waals surface area contributed by atoms with Gasteiger partial charge in [-0.25, -0.2) is 14.2 Å². The Morgan fingerprint density at radius 1 is 1.06 bits per heavy atom. The predicted octanol–water partition coefficient (Wildman–Crippen LogP) is 4.24. The van der Waals surface area contributed by atoms with Gasteiger partial charge in [0.1, 0.15) is 18.2 Å². The molecule has 0 aliphatic rings. The van der Waals surface area contributed by atoms with Crippen LogP contribution in [0.25, 0.3) is 11.1 Å². The standard InChI is InChI=1S/C23H23ClFN5O6/c1-32-7-9-34-18-6-4-15(19(25)20(18)35-10-8-33-2)28-22-26-12-14(24)21(30-22)27-13-3-5-17-16(11-13)29-23(31)36-17/h3-6,11-12H,7-10H2,1-2H3,(H,29,31)(H2,26,27,28,30). The molecule has 0 amide bonds. The minimum atomic E-state index is -0.691. The van der Waals surface area contributed by atoms with Crippen LogP contribution in [0.3, 0.4) is 0 Å². The van der Waals surface area contributed by atoms with Crippen molar-refractivity contribution in [2.24, 2.45) is 0 Å². The van der Waals surface area contributed by atoms with E-state index in [1.165, 1.54) is 19.4 Å². The van der Waals surface area contributed by atoms with E-state index in [1.54, 1.807) is 31.4 Å². The van der Waals surface area contributed by atoms with Crippen molar-refractivity contribution in [3.05, 3.63) is 57.9 Å². The third-order valence-corrected chi connectivity index (χ3v) is 5.09. The molecule has 0 radical (unpaired) electrons. The highest BCUT2D eigenvalue weighted by atomic mass is 35.5. The number of methoxy groups -OCH3 is 2. The first-order valence-electron chi connectivity index (χ1n) is 10.7. The summed E-state index contributed by atoms with van der Waals surface area (Å²) in [5.74, 6) is -0.772. The summed E-state index contributed by atoms with van der Waals surface area (Å²) in [6.07, 6.45) is 1.37. The van der Waals surface area contributed by atoms with Crippen LogP contribution in [0.4, 0.5) is 27.5 Å². The molecule has 2 heterocycles. The molecular formula is C23H23ClFN5O6. The second kappa shape index (κ2) is 11.7. The number of rotatable bonds is 12. The fourth-order valence-electron chi connectivity index (χ4n) is 3.15. The molecule has 0 saturated heterocycles. The van der Waals surface area contributed by atoms with Gasteiger partial charge in [0.2, 0.25) is 5.95 Å². The summed E-state index contributed by atoms with van der Waals surface area (Å²) in [4.78, 5) is 22.4. The summed E-state index contributed by atoms with van der Waals surface area (Å²) in [5.41, 5.74) is 1.57. The first kappa shape index (κ1) is 25.2. The highest BCUT2D eigenvalue weighted by Crippen LogP contribution is 2.36. The number of halogens is 2. The quantitative estimate of drug-likeness (QED) is 0.233. The molecule has 0 spiro atoms. The Bertz CT molecular complexity index is 1400. The zero-order chi connectivity index (χ0) is 25.5. The third-order valence-electron chi connectivity index (χ3n) is 4.81. The number of hydrogen-bond acceptors (Lipinski definition) is 10. The number of hydrogen-bond donors (Lipinski definition) is 3. The normalized spacial score (nSPS) is 11.0. The van der Waals surface area contributed by atoms with Crippen molar-refractivity contribution in [1.82, 2.24) is 15.0 Å². The van der Waals surface area contributed by atoms with Gasteiger partial charge in [-0.1, -0.05) is 11.6 Å². The van der Waals surface area contributed by atoms with Gasteiger partial charge >= 0.3 is 5.76 Å². The molecule has 2 aromatic heterocycles. The Balaban J connectivity index is 1.56. The minimum absolute atomic E-state index is 0.0622. The number of nitrogens with zero attached hydrogens (tertiary/aromatic N) is 2. The number of fused-ring (bicyclic) bond motifs is 1. The number of H-pyrrole nitrogens is 1. The van der Waals surface area contributed by atoms with E-state index in [0.717, 1.165) is 0 Å². The molecule has 190 valence electrons. The van der Waals surface area contributed by atoms with E-state index >= 15 is 4.39 Å². The largest absolute Gasteiger partial charge is 0.487 e. The first-order chi connectivity index (χ1) is 17.5. The highest BCUT2D eigenvalue weighted by Gasteiger charge is 2.18. The zero-order valence-corrected chi connectivity index (χ0v) is 20.1. The molecule has 11 nitrogen and oxygen atoms in total. The molecule has 0 atom stereocenters. The lowest BCUT2D eigenvalue weighted by Gasteiger charge is -2.16. The van der Waals surface area contributed by atoms with E-state index in [2.05, 4.69) is 25.6 Å². The van der Waals surface area contributed by atoms with Crippen LogP contribution in [-0.4, -0.2) is 55.6 Å². The molecule has 3 N–H and O–H groups in total. The lowest BCUT2D eigenvalue weighted by atomic mass is 10.2. The van der Waals surface area contributed by atoms with Crippen LogP contribution < -0.4 is 25.9 Å². The molecule has 0 fully saturated rings. The summed E-state index contributed by atoms with van der Waals surface area (Å²) in [6, 6.07) is 8.03. The lowest BCUT2D eigenvalue weighted by molar-refractivity contribution is 0.130. The van der Waals surface area contributed by atoms with Crippen molar-refractivity contribution in [3.8, 4) is 11.5 Å². The van der Waals surface area contributed by atoms with Crippen LogP contribution in [-0.2, 0) is 9.47 Å².